The average Bonchev–Trinajstić information content (AvgIpc) is 2.95. The Hall–Kier alpha value is -0.610. The molecule has 2 fully saturated rings. The molecule has 2 unspecified atom stereocenters. The molecule has 116 valence electrons. The van der Waals surface area contributed by atoms with E-state index in [1.54, 1.807) is 0 Å². The van der Waals surface area contributed by atoms with E-state index in [2.05, 4.69) is 24.1 Å². The van der Waals surface area contributed by atoms with Gasteiger partial charge in [-0.15, -0.1) is 0 Å². The number of hydrogen-bond acceptors (Lipinski definition) is 3. The van der Waals surface area contributed by atoms with Crippen molar-refractivity contribution >= 4 is 5.91 Å². The minimum Gasteiger partial charge on any atom is -0.376 e. The third kappa shape index (κ3) is 3.53. The zero-order valence-corrected chi connectivity index (χ0v) is 13.1. The van der Waals surface area contributed by atoms with Crippen molar-refractivity contribution < 1.29 is 9.53 Å². The summed E-state index contributed by atoms with van der Waals surface area (Å²) in [6.07, 6.45) is 7.59. The molecule has 4 heteroatoms. The number of rotatable bonds is 6. The molecule has 0 radical (unpaired) electrons. The van der Waals surface area contributed by atoms with Crippen molar-refractivity contribution in [2.75, 3.05) is 26.2 Å². The average molecular weight is 282 g/mol. The second-order valence-corrected chi connectivity index (χ2v) is 6.25. The largest absolute Gasteiger partial charge is 0.376 e. The molecule has 2 aliphatic heterocycles. The van der Waals surface area contributed by atoms with E-state index in [1.165, 1.54) is 0 Å². The number of piperidine rings is 1. The molecule has 0 aromatic carbocycles. The van der Waals surface area contributed by atoms with Crippen LogP contribution in [-0.4, -0.2) is 48.7 Å². The predicted octanol–water partition coefficient (Wildman–Crippen LogP) is 2.33. The summed E-state index contributed by atoms with van der Waals surface area (Å²) in [6, 6.07) is 0. The molecule has 0 aromatic rings. The number of carbonyl (C=O) groups excluding carboxylic acids is 1. The molecule has 4 nitrogen and oxygen atoms in total. The standard InChI is InChI=1S/C16H30N2O2/c1-3-8-16(9-6-10-17-16)15(19)18-11-5-7-14(13-18)20-12-4-2/h14,17H,3-13H2,1-2H3. The molecule has 0 spiro atoms. The Morgan fingerprint density at radius 3 is 2.85 bits per heavy atom. The second kappa shape index (κ2) is 7.41. The molecule has 2 heterocycles. The molecule has 2 rings (SSSR count). The third-order valence-corrected chi connectivity index (χ3v) is 4.55. The monoisotopic (exact) mass is 282 g/mol. The van der Waals surface area contributed by atoms with E-state index in [1.807, 2.05) is 0 Å². The van der Waals surface area contributed by atoms with Crippen LogP contribution in [-0.2, 0) is 9.53 Å². The highest BCUT2D eigenvalue weighted by Gasteiger charge is 2.43. The van der Waals surface area contributed by atoms with Gasteiger partial charge < -0.3 is 15.0 Å². The number of carbonyl (C=O) groups is 1. The van der Waals surface area contributed by atoms with Crippen LogP contribution in [0.3, 0.4) is 0 Å². The quantitative estimate of drug-likeness (QED) is 0.813. The van der Waals surface area contributed by atoms with Crippen molar-refractivity contribution in [3.05, 3.63) is 0 Å². The summed E-state index contributed by atoms with van der Waals surface area (Å²) in [5.41, 5.74) is -0.276. The van der Waals surface area contributed by atoms with Crippen LogP contribution in [0.1, 0.15) is 58.8 Å². The molecule has 1 N–H and O–H groups in total. The SMILES string of the molecule is CCCOC1CCCN(C(=O)C2(CCC)CCCN2)C1. The Morgan fingerprint density at radius 2 is 2.20 bits per heavy atom. The maximum absolute atomic E-state index is 12.9. The van der Waals surface area contributed by atoms with Crippen LogP contribution < -0.4 is 5.32 Å². The fraction of sp³-hybridized carbons (Fsp3) is 0.938. The van der Waals surface area contributed by atoms with Gasteiger partial charge in [-0.25, -0.2) is 0 Å². The predicted molar refractivity (Wildman–Crippen MR) is 80.7 cm³/mol. The number of hydrogen-bond donors (Lipinski definition) is 1. The maximum atomic E-state index is 12.9. The van der Waals surface area contributed by atoms with Crippen molar-refractivity contribution in [3.63, 3.8) is 0 Å². The second-order valence-electron chi connectivity index (χ2n) is 6.25. The number of amides is 1. The zero-order chi connectivity index (χ0) is 14.4. The van der Waals surface area contributed by atoms with E-state index in [0.29, 0.717) is 5.91 Å². The van der Waals surface area contributed by atoms with Crippen molar-refractivity contribution in [1.82, 2.24) is 10.2 Å². The first-order chi connectivity index (χ1) is 9.72. The number of nitrogens with one attached hydrogen (secondary N) is 1. The Bertz CT molecular complexity index is 314. The van der Waals surface area contributed by atoms with Gasteiger partial charge in [-0.05, 0) is 45.1 Å². The number of nitrogens with zero attached hydrogens (tertiary/aromatic N) is 1. The van der Waals surface area contributed by atoms with Gasteiger partial charge in [-0.2, -0.15) is 0 Å². The van der Waals surface area contributed by atoms with Crippen molar-refractivity contribution in [3.8, 4) is 0 Å². The fourth-order valence-electron chi connectivity index (χ4n) is 3.58. The van der Waals surface area contributed by atoms with Gasteiger partial charge in [-0.1, -0.05) is 20.3 Å². The lowest BCUT2D eigenvalue weighted by Crippen LogP contribution is -2.57. The normalized spacial score (nSPS) is 30.7. The first-order valence-corrected chi connectivity index (χ1v) is 8.38. The summed E-state index contributed by atoms with van der Waals surface area (Å²) in [5.74, 6) is 0.321. The smallest absolute Gasteiger partial charge is 0.242 e. The van der Waals surface area contributed by atoms with Gasteiger partial charge in [0.25, 0.3) is 0 Å². The van der Waals surface area contributed by atoms with Gasteiger partial charge >= 0.3 is 0 Å². The fourth-order valence-corrected chi connectivity index (χ4v) is 3.58. The molecule has 0 bridgehead atoms. The minimum absolute atomic E-state index is 0.243. The van der Waals surface area contributed by atoms with E-state index in [0.717, 1.165) is 71.2 Å². The maximum Gasteiger partial charge on any atom is 0.242 e. The van der Waals surface area contributed by atoms with Crippen LogP contribution in [0.2, 0.25) is 0 Å². The van der Waals surface area contributed by atoms with Crippen LogP contribution in [0, 0.1) is 0 Å². The molecule has 1 amide bonds. The summed E-state index contributed by atoms with van der Waals surface area (Å²) < 4.78 is 5.85. The highest BCUT2D eigenvalue weighted by Crippen LogP contribution is 2.28. The summed E-state index contributed by atoms with van der Waals surface area (Å²) in [4.78, 5) is 15.0. The zero-order valence-electron chi connectivity index (χ0n) is 13.1. The van der Waals surface area contributed by atoms with E-state index in [4.69, 9.17) is 4.74 Å². The van der Waals surface area contributed by atoms with Crippen molar-refractivity contribution in [2.24, 2.45) is 0 Å². The lowest BCUT2D eigenvalue weighted by atomic mass is 9.89. The molecule has 2 aliphatic rings. The molecule has 2 saturated heterocycles. The van der Waals surface area contributed by atoms with Gasteiger partial charge in [0, 0.05) is 19.7 Å². The van der Waals surface area contributed by atoms with Crippen LogP contribution >= 0.6 is 0 Å². The Morgan fingerprint density at radius 1 is 1.35 bits per heavy atom. The lowest BCUT2D eigenvalue weighted by Gasteiger charge is -2.39. The summed E-state index contributed by atoms with van der Waals surface area (Å²) in [7, 11) is 0. The van der Waals surface area contributed by atoms with Gasteiger partial charge in [0.1, 0.15) is 0 Å². The summed E-state index contributed by atoms with van der Waals surface area (Å²) in [6.45, 7) is 7.77. The topological polar surface area (TPSA) is 41.6 Å². The minimum atomic E-state index is -0.276. The molecule has 0 aromatic heterocycles. The molecule has 0 saturated carbocycles. The molecule has 20 heavy (non-hydrogen) atoms. The third-order valence-electron chi connectivity index (χ3n) is 4.55. The first-order valence-electron chi connectivity index (χ1n) is 8.38. The molecular formula is C16H30N2O2. The van der Waals surface area contributed by atoms with Gasteiger partial charge in [-0.3, -0.25) is 4.79 Å². The van der Waals surface area contributed by atoms with Crippen molar-refractivity contribution in [2.45, 2.75) is 70.4 Å². The van der Waals surface area contributed by atoms with E-state index >= 15 is 0 Å². The Labute approximate surface area is 123 Å². The highest BCUT2D eigenvalue weighted by atomic mass is 16.5. The van der Waals surface area contributed by atoms with Crippen molar-refractivity contribution in [1.29, 1.82) is 0 Å². The van der Waals surface area contributed by atoms with Crippen LogP contribution in [0.4, 0.5) is 0 Å². The Kier molecular flexibility index (Phi) is 5.85. The van der Waals surface area contributed by atoms with E-state index in [-0.39, 0.29) is 11.6 Å². The van der Waals surface area contributed by atoms with Crippen LogP contribution in [0.5, 0.6) is 0 Å². The van der Waals surface area contributed by atoms with Gasteiger partial charge in [0.2, 0.25) is 5.91 Å². The number of ether oxygens (including phenoxy) is 1. The van der Waals surface area contributed by atoms with Crippen LogP contribution in [0.25, 0.3) is 0 Å². The molecule has 0 aliphatic carbocycles. The van der Waals surface area contributed by atoms with Gasteiger partial charge in [0.05, 0.1) is 11.6 Å². The summed E-state index contributed by atoms with van der Waals surface area (Å²) in [5, 5.41) is 3.49. The number of likely N-dealkylation sites (tertiary alicyclic amines) is 1. The molecular weight excluding hydrogens is 252 g/mol. The lowest BCUT2D eigenvalue weighted by molar-refractivity contribution is -0.142. The van der Waals surface area contributed by atoms with Gasteiger partial charge in [0.15, 0.2) is 0 Å². The summed E-state index contributed by atoms with van der Waals surface area (Å²) >= 11 is 0. The van der Waals surface area contributed by atoms with E-state index < -0.39 is 0 Å². The Balaban J connectivity index is 1.96. The van der Waals surface area contributed by atoms with E-state index in [9.17, 15) is 4.79 Å². The first kappa shape index (κ1) is 15.8. The highest BCUT2D eigenvalue weighted by molar-refractivity contribution is 5.87. The molecule has 2 atom stereocenters. The van der Waals surface area contributed by atoms with Crippen LogP contribution in [0.15, 0.2) is 0 Å².